The van der Waals surface area contributed by atoms with E-state index >= 15 is 0 Å². The van der Waals surface area contributed by atoms with Crippen LogP contribution in [-0.2, 0) is 16.6 Å². The summed E-state index contributed by atoms with van der Waals surface area (Å²) in [6.45, 7) is 1.84. The summed E-state index contributed by atoms with van der Waals surface area (Å²) in [7, 11) is -3.45. The molecular formula is C20H18N4O5S. The average Bonchev–Trinajstić information content (AvgIpc) is 3.36. The summed E-state index contributed by atoms with van der Waals surface area (Å²) in [4.78, 5) is 17.4. The summed E-state index contributed by atoms with van der Waals surface area (Å²) in [5, 5.41) is 7.24. The van der Waals surface area contributed by atoms with Gasteiger partial charge in [-0.3, -0.25) is 9.52 Å². The summed E-state index contributed by atoms with van der Waals surface area (Å²) in [5.74, 6) is 0.110. The van der Waals surface area contributed by atoms with Crippen LogP contribution < -0.4 is 10.0 Å². The number of aromatic nitrogens is 2. The molecular weight excluding hydrogens is 408 g/mol. The third-order valence-electron chi connectivity index (χ3n) is 4.39. The van der Waals surface area contributed by atoms with Crippen molar-refractivity contribution in [1.82, 2.24) is 15.5 Å². The second-order valence-corrected chi connectivity index (χ2v) is 8.44. The Kier molecular flexibility index (Phi) is 5.00. The lowest BCUT2D eigenvalue weighted by Crippen LogP contribution is -2.24. The Bertz CT molecular complexity index is 1330. The van der Waals surface area contributed by atoms with Crippen LogP contribution in [-0.4, -0.2) is 30.7 Å². The second kappa shape index (κ2) is 7.64. The van der Waals surface area contributed by atoms with Crippen molar-refractivity contribution in [1.29, 1.82) is 0 Å². The predicted molar refractivity (Wildman–Crippen MR) is 110 cm³/mol. The number of nitrogens with one attached hydrogen (secondary N) is 2. The van der Waals surface area contributed by atoms with Crippen molar-refractivity contribution < 1.29 is 22.2 Å². The van der Waals surface area contributed by atoms with Crippen molar-refractivity contribution in [3.05, 3.63) is 65.5 Å². The number of carbonyl (C=O) groups excluding carboxylic acids is 1. The fraction of sp³-hybridized carbons (Fsp3) is 0.150. The van der Waals surface area contributed by atoms with E-state index in [-0.39, 0.29) is 18.2 Å². The minimum Gasteiger partial charge on any atom is -0.463 e. The zero-order valence-electron chi connectivity index (χ0n) is 16.2. The number of hydrogen-bond acceptors (Lipinski definition) is 7. The molecule has 154 valence electrons. The largest absolute Gasteiger partial charge is 0.463 e. The maximum atomic E-state index is 13.0. The van der Waals surface area contributed by atoms with E-state index < -0.39 is 10.0 Å². The number of sulfonamides is 1. The van der Waals surface area contributed by atoms with E-state index in [0.29, 0.717) is 39.3 Å². The van der Waals surface area contributed by atoms with Crippen LogP contribution in [0.1, 0.15) is 21.6 Å². The Morgan fingerprint density at radius 1 is 1.17 bits per heavy atom. The van der Waals surface area contributed by atoms with Gasteiger partial charge in [-0.15, -0.1) is 0 Å². The second-order valence-electron chi connectivity index (χ2n) is 6.69. The number of hydrogen-bond donors (Lipinski definition) is 2. The molecule has 3 heterocycles. The number of nitrogens with zero attached hydrogens (tertiary/aromatic N) is 2. The molecule has 1 aromatic carbocycles. The summed E-state index contributed by atoms with van der Waals surface area (Å²) >= 11 is 0. The standard InChI is InChI=1S/C20H18N4O5S/c1-12-18-14(10-16(17-8-5-9-28-17)22-20(18)29-23-12)19(25)21-11-13-6-3-4-7-15(13)24-30(2,26)27/h3-10,24H,11H2,1-2H3,(H,21,25). The highest BCUT2D eigenvalue weighted by Gasteiger charge is 2.20. The van der Waals surface area contributed by atoms with Gasteiger partial charge in [0.15, 0.2) is 5.76 Å². The van der Waals surface area contributed by atoms with E-state index in [1.54, 1.807) is 49.4 Å². The lowest BCUT2D eigenvalue weighted by Gasteiger charge is -2.12. The molecule has 0 fully saturated rings. The fourth-order valence-electron chi connectivity index (χ4n) is 3.07. The molecule has 9 nitrogen and oxygen atoms in total. The third-order valence-corrected chi connectivity index (χ3v) is 4.98. The van der Waals surface area contributed by atoms with Crippen molar-refractivity contribution in [2.75, 3.05) is 11.0 Å². The number of pyridine rings is 1. The van der Waals surface area contributed by atoms with Gasteiger partial charge in [0.05, 0.1) is 34.8 Å². The van der Waals surface area contributed by atoms with Gasteiger partial charge in [0.25, 0.3) is 11.6 Å². The average molecular weight is 426 g/mol. The maximum Gasteiger partial charge on any atom is 0.259 e. The SMILES string of the molecule is Cc1noc2nc(-c3ccco3)cc(C(=O)NCc3ccccc3NS(C)(=O)=O)c12. The Hall–Kier alpha value is -3.66. The number of carbonyl (C=O) groups is 1. The van der Waals surface area contributed by atoms with Gasteiger partial charge in [-0.2, -0.15) is 0 Å². The minimum atomic E-state index is -3.45. The molecule has 30 heavy (non-hydrogen) atoms. The van der Waals surface area contributed by atoms with Gasteiger partial charge in [-0.05, 0) is 36.8 Å². The molecule has 0 aliphatic heterocycles. The van der Waals surface area contributed by atoms with Crippen LogP contribution in [0.25, 0.3) is 22.6 Å². The fourth-order valence-corrected chi connectivity index (χ4v) is 3.67. The van der Waals surface area contributed by atoms with E-state index in [2.05, 4.69) is 20.2 Å². The third kappa shape index (κ3) is 4.03. The molecule has 1 amide bonds. The minimum absolute atomic E-state index is 0.113. The molecule has 0 bridgehead atoms. The lowest BCUT2D eigenvalue weighted by molar-refractivity contribution is 0.0952. The lowest BCUT2D eigenvalue weighted by atomic mass is 10.1. The van der Waals surface area contributed by atoms with Gasteiger partial charge < -0.3 is 14.3 Å². The van der Waals surface area contributed by atoms with Crippen LogP contribution in [0, 0.1) is 6.92 Å². The first-order valence-corrected chi connectivity index (χ1v) is 10.9. The van der Waals surface area contributed by atoms with E-state index in [4.69, 9.17) is 8.94 Å². The van der Waals surface area contributed by atoms with Gasteiger partial charge in [0.2, 0.25) is 10.0 Å². The van der Waals surface area contributed by atoms with E-state index in [1.165, 1.54) is 6.26 Å². The van der Waals surface area contributed by atoms with Gasteiger partial charge in [-0.25, -0.2) is 13.4 Å². The van der Waals surface area contributed by atoms with E-state index in [9.17, 15) is 13.2 Å². The van der Waals surface area contributed by atoms with Crippen molar-refractivity contribution >= 4 is 32.7 Å². The highest BCUT2D eigenvalue weighted by Crippen LogP contribution is 2.27. The molecule has 0 spiro atoms. The number of amides is 1. The van der Waals surface area contributed by atoms with Gasteiger partial charge in [0.1, 0.15) is 5.69 Å². The molecule has 2 N–H and O–H groups in total. The summed E-state index contributed by atoms with van der Waals surface area (Å²) in [6, 6.07) is 11.9. The maximum absolute atomic E-state index is 13.0. The monoisotopic (exact) mass is 426 g/mol. The van der Waals surface area contributed by atoms with Crippen LogP contribution in [0.5, 0.6) is 0 Å². The highest BCUT2D eigenvalue weighted by atomic mass is 32.2. The van der Waals surface area contributed by atoms with Gasteiger partial charge in [0, 0.05) is 6.54 Å². The van der Waals surface area contributed by atoms with Crippen LogP contribution in [0.3, 0.4) is 0 Å². The number of furan rings is 1. The Morgan fingerprint density at radius 2 is 1.97 bits per heavy atom. The smallest absolute Gasteiger partial charge is 0.259 e. The molecule has 0 aliphatic rings. The molecule has 0 saturated carbocycles. The molecule has 0 unspecified atom stereocenters. The zero-order chi connectivity index (χ0) is 21.3. The van der Waals surface area contributed by atoms with Crippen LogP contribution in [0.4, 0.5) is 5.69 Å². The van der Waals surface area contributed by atoms with Gasteiger partial charge >= 0.3 is 0 Å². The quantitative estimate of drug-likeness (QED) is 0.485. The zero-order valence-corrected chi connectivity index (χ0v) is 17.0. The summed E-state index contributed by atoms with van der Waals surface area (Å²) in [5.41, 5.74) is 2.55. The van der Waals surface area contributed by atoms with Crippen molar-refractivity contribution in [3.8, 4) is 11.5 Å². The first-order chi connectivity index (χ1) is 14.3. The molecule has 0 aliphatic carbocycles. The van der Waals surface area contributed by atoms with Crippen LogP contribution in [0.15, 0.2) is 57.7 Å². The summed E-state index contributed by atoms with van der Waals surface area (Å²) in [6.07, 6.45) is 2.58. The molecule has 4 aromatic rings. The van der Waals surface area contributed by atoms with Gasteiger partial charge in [-0.1, -0.05) is 23.4 Å². The first kappa shape index (κ1) is 19.6. The number of rotatable bonds is 6. The molecule has 10 heteroatoms. The number of anilines is 1. The summed E-state index contributed by atoms with van der Waals surface area (Å²) < 4.78 is 36.3. The Balaban J connectivity index is 1.65. The Morgan fingerprint density at radius 3 is 2.70 bits per heavy atom. The van der Waals surface area contributed by atoms with Crippen LogP contribution >= 0.6 is 0 Å². The topological polar surface area (TPSA) is 127 Å². The molecule has 0 atom stereocenters. The normalized spacial score (nSPS) is 11.5. The molecule has 3 aromatic heterocycles. The number of fused-ring (bicyclic) bond motifs is 1. The number of aryl methyl sites for hydroxylation is 1. The highest BCUT2D eigenvalue weighted by molar-refractivity contribution is 7.92. The van der Waals surface area contributed by atoms with Crippen molar-refractivity contribution in [3.63, 3.8) is 0 Å². The predicted octanol–water partition coefficient (Wildman–Crippen LogP) is 3.09. The van der Waals surface area contributed by atoms with Crippen LogP contribution in [0.2, 0.25) is 0 Å². The Labute approximate surface area is 172 Å². The first-order valence-electron chi connectivity index (χ1n) is 8.96. The van der Waals surface area contributed by atoms with Crippen molar-refractivity contribution in [2.45, 2.75) is 13.5 Å². The number of para-hydroxylation sites is 1. The number of benzene rings is 1. The molecule has 0 radical (unpaired) electrons. The van der Waals surface area contributed by atoms with E-state index in [1.807, 2.05) is 0 Å². The van der Waals surface area contributed by atoms with Crippen molar-refractivity contribution in [2.24, 2.45) is 0 Å². The van der Waals surface area contributed by atoms with E-state index in [0.717, 1.165) is 6.26 Å². The molecule has 4 rings (SSSR count). The molecule has 0 saturated heterocycles.